The fourth-order valence-electron chi connectivity index (χ4n) is 1.75. The van der Waals surface area contributed by atoms with Gasteiger partial charge in [-0.25, -0.2) is 9.59 Å². The molecule has 21 heavy (non-hydrogen) atoms. The minimum atomic E-state index is -2.30. The summed E-state index contributed by atoms with van der Waals surface area (Å²) >= 11 is 0. The number of hydrogen-bond donors (Lipinski definition) is 1. The van der Waals surface area contributed by atoms with E-state index in [9.17, 15) is 14.4 Å². The first-order valence-corrected chi connectivity index (χ1v) is 9.64. The summed E-state index contributed by atoms with van der Waals surface area (Å²) < 4.78 is 10.6. The van der Waals surface area contributed by atoms with Gasteiger partial charge in [0.2, 0.25) is 0 Å². The lowest BCUT2D eigenvalue weighted by Crippen LogP contribution is -2.45. The molecule has 1 aliphatic heterocycles. The van der Waals surface area contributed by atoms with Gasteiger partial charge in [0, 0.05) is 5.57 Å². The summed E-state index contributed by atoms with van der Waals surface area (Å²) in [6.07, 6.45) is -1.33. The van der Waals surface area contributed by atoms with Crippen LogP contribution in [-0.2, 0) is 23.5 Å². The van der Waals surface area contributed by atoms with Gasteiger partial charge in [-0.1, -0.05) is 20.8 Å². The molecule has 0 aromatic carbocycles. The molecule has 1 aliphatic rings. The van der Waals surface area contributed by atoms with Crippen molar-refractivity contribution >= 4 is 26.2 Å². The van der Waals surface area contributed by atoms with Crippen molar-refractivity contribution in [3.05, 3.63) is 11.1 Å². The molecule has 0 saturated carbocycles. The molecule has 0 saturated heterocycles. The lowest BCUT2D eigenvalue weighted by Gasteiger charge is -2.39. The third kappa shape index (κ3) is 3.79. The molecule has 1 N–H and O–H groups in total. The largest absolute Gasteiger partial charge is 0.481 e. The van der Waals surface area contributed by atoms with Crippen molar-refractivity contribution in [3.8, 4) is 0 Å². The Morgan fingerprint density at radius 1 is 1.29 bits per heavy atom. The molecule has 1 unspecified atom stereocenters. The topological polar surface area (TPSA) is 89.9 Å². The van der Waals surface area contributed by atoms with Crippen LogP contribution < -0.4 is 0 Å². The van der Waals surface area contributed by atoms with Crippen molar-refractivity contribution in [1.82, 2.24) is 0 Å². The highest BCUT2D eigenvalue weighted by Gasteiger charge is 2.44. The standard InChI is InChI=1S/C14H22O6Si/c1-8-11(13(18)19-12(8)17)9(7-10(15)16)20-21(5,6)14(2,3)4/h9H,7H2,1-6H3,(H,15,16). The van der Waals surface area contributed by atoms with Crippen molar-refractivity contribution in [2.75, 3.05) is 0 Å². The van der Waals surface area contributed by atoms with E-state index in [1.54, 1.807) is 0 Å². The predicted molar refractivity (Wildman–Crippen MR) is 78.1 cm³/mol. The molecular formula is C14H22O6Si. The smallest absolute Gasteiger partial charge is 0.345 e. The number of esters is 2. The van der Waals surface area contributed by atoms with E-state index in [0.29, 0.717) is 0 Å². The summed E-state index contributed by atoms with van der Waals surface area (Å²) in [5, 5.41) is 8.91. The Morgan fingerprint density at radius 2 is 1.81 bits per heavy atom. The molecule has 118 valence electrons. The van der Waals surface area contributed by atoms with Crippen LogP contribution in [0.25, 0.3) is 0 Å². The number of cyclic esters (lactones) is 2. The van der Waals surface area contributed by atoms with Crippen molar-refractivity contribution in [2.24, 2.45) is 0 Å². The Kier molecular flexibility index (Phi) is 4.79. The number of hydrogen-bond acceptors (Lipinski definition) is 5. The number of carbonyl (C=O) groups is 3. The highest BCUT2D eigenvalue weighted by molar-refractivity contribution is 6.74. The molecule has 1 rings (SSSR count). The summed E-state index contributed by atoms with van der Waals surface area (Å²) in [6.45, 7) is 11.4. The van der Waals surface area contributed by atoms with Crippen LogP contribution in [-0.4, -0.2) is 37.4 Å². The maximum absolute atomic E-state index is 11.8. The highest BCUT2D eigenvalue weighted by Crippen LogP contribution is 2.39. The van der Waals surface area contributed by atoms with Gasteiger partial charge in [-0.3, -0.25) is 4.79 Å². The second-order valence-corrected chi connectivity index (χ2v) is 11.4. The van der Waals surface area contributed by atoms with E-state index in [2.05, 4.69) is 4.74 Å². The Labute approximate surface area is 125 Å². The molecule has 7 heteroatoms. The summed E-state index contributed by atoms with van der Waals surface area (Å²) in [6, 6.07) is 0. The van der Waals surface area contributed by atoms with Crippen molar-refractivity contribution in [2.45, 2.75) is 58.4 Å². The summed E-state index contributed by atoms with van der Waals surface area (Å²) in [5.74, 6) is -2.63. The van der Waals surface area contributed by atoms with Gasteiger partial charge in [0.1, 0.15) is 0 Å². The summed E-state index contributed by atoms with van der Waals surface area (Å²) in [7, 11) is -2.30. The van der Waals surface area contributed by atoms with E-state index in [1.807, 2.05) is 33.9 Å². The molecule has 1 heterocycles. The number of aliphatic carboxylic acids is 1. The molecule has 0 aliphatic carbocycles. The van der Waals surface area contributed by atoms with Crippen molar-refractivity contribution in [1.29, 1.82) is 0 Å². The first kappa shape index (κ1) is 17.6. The first-order chi connectivity index (χ1) is 9.36. The Hall–Kier alpha value is -1.47. The Bertz CT molecular complexity index is 512. The molecule has 1 atom stereocenters. The van der Waals surface area contributed by atoms with E-state index in [0.717, 1.165) is 0 Å². The molecule has 0 spiro atoms. The minimum absolute atomic E-state index is 0.0345. The molecule has 0 bridgehead atoms. The molecule has 0 amide bonds. The van der Waals surface area contributed by atoms with E-state index < -0.39 is 32.3 Å². The zero-order chi connectivity index (χ0) is 16.6. The minimum Gasteiger partial charge on any atom is -0.481 e. The quantitative estimate of drug-likeness (QED) is 0.475. The fraction of sp³-hybridized carbons (Fsp3) is 0.643. The van der Waals surface area contributed by atoms with Gasteiger partial charge in [0.25, 0.3) is 0 Å². The van der Waals surface area contributed by atoms with Gasteiger partial charge in [0.05, 0.1) is 18.1 Å². The number of rotatable bonds is 5. The van der Waals surface area contributed by atoms with Crippen LogP contribution in [0.4, 0.5) is 0 Å². The van der Waals surface area contributed by atoms with Gasteiger partial charge < -0.3 is 14.3 Å². The second kappa shape index (κ2) is 5.73. The number of ether oxygens (including phenoxy) is 1. The average molecular weight is 314 g/mol. The van der Waals surface area contributed by atoms with Gasteiger partial charge >= 0.3 is 17.9 Å². The zero-order valence-corrected chi connectivity index (χ0v) is 14.3. The fourth-order valence-corrected chi connectivity index (χ4v) is 3.01. The maximum atomic E-state index is 11.8. The number of carboxylic acids is 1. The van der Waals surface area contributed by atoms with Crippen LogP contribution in [0.1, 0.15) is 34.1 Å². The van der Waals surface area contributed by atoms with Crippen molar-refractivity contribution < 1.29 is 28.7 Å². The zero-order valence-electron chi connectivity index (χ0n) is 13.3. The lowest BCUT2D eigenvalue weighted by molar-refractivity contribution is -0.151. The summed E-state index contributed by atoms with van der Waals surface area (Å²) in [4.78, 5) is 34.3. The molecule has 0 aromatic rings. The monoisotopic (exact) mass is 314 g/mol. The van der Waals surface area contributed by atoms with Gasteiger partial charge in [-0.05, 0) is 25.1 Å². The van der Waals surface area contributed by atoms with E-state index in [-0.39, 0.29) is 22.6 Å². The highest BCUT2D eigenvalue weighted by atomic mass is 28.4. The van der Waals surface area contributed by atoms with Gasteiger partial charge in [-0.2, -0.15) is 0 Å². The Morgan fingerprint density at radius 3 is 2.14 bits per heavy atom. The second-order valence-electron chi connectivity index (χ2n) is 6.68. The van der Waals surface area contributed by atoms with Crippen LogP contribution in [0.15, 0.2) is 11.1 Å². The van der Waals surface area contributed by atoms with Crippen LogP contribution in [0.3, 0.4) is 0 Å². The lowest BCUT2D eigenvalue weighted by atomic mass is 10.0. The summed E-state index contributed by atoms with van der Waals surface area (Å²) in [5.41, 5.74) is 0.164. The average Bonchev–Trinajstić information content (AvgIpc) is 2.49. The van der Waals surface area contributed by atoms with Gasteiger partial charge in [-0.15, -0.1) is 0 Å². The van der Waals surface area contributed by atoms with E-state index in [1.165, 1.54) is 6.92 Å². The molecule has 0 radical (unpaired) electrons. The van der Waals surface area contributed by atoms with E-state index >= 15 is 0 Å². The first-order valence-electron chi connectivity index (χ1n) is 6.73. The number of carbonyl (C=O) groups excluding carboxylic acids is 2. The predicted octanol–water partition coefficient (Wildman–Crippen LogP) is 2.25. The van der Waals surface area contributed by atoms with Crippen molar-refractivity contribution in [3.63, 3.8) is 0 Å². The van der Waals surface area contributed by atoms with Gasteiger partial charge in [0.15, 0.2) is 8.32 Å². The molecular weight excluding hydrogens is 292 g/mol. The molecule has 0 aromatic heterocycles. The van der Waals surface area contributed by atoms with Crippen LogP contribution in [0, 0.1) is 0 Å². The number of carboxylic acid groups (broad SMARTS) is 1. The van der Waals surface area contributed by atoms with Crippen LogP contribution >= 0.6 is 0 Å². The third-order valence-corrected chi connectivity index (χ3v) is 8.53. The van der Waals surface area contributed by atoms with E-state index in [4.69, 9.17) is 9.53 Å². The normalized spacial score (nSPS) is 18.0. The molecule has 0 fully saturated rings. The maximum Gasteiger partial charge on any atom is 0.345 e. The SMILES string of the molecule is CC1=C(C(CC(=O)O)O[Si](C)(C)C(C)(C)C)C(=O)OC1=O. The van der Waals surface area contributed by atoms with Crippen LogP contribution in [0.5, 0.6) is 0 Å². The van der Waals surface area contributed by atoms with Crippen LogP contribution in [0.2, 0.25) is 18.1 Å². The Balaban J connectivity index is 3.17. The molecule has 6 nitrogen and oxygen atoms in total. The third-order valence-electron chi connectivity index (χ3n) is 4.04.